The van der Waals surface area contributed by atoms with Crippen LogP contribution in [0.4, 0.5) is 22.0 Å². The number of carbonyl (C=O) groups excluding carboxylic acids is 1. The summed E-state index contributed by atoms with van der Waals surface area (Å²) in [6.45, 7) is -0.477. The zero-order valence-corrected chi connectivity index (χ0v) is 10.8. The quantitative estimate of drug-likeness (QED) is 0.362. The van der Waals surface area contributed by atoms with Gasteiger partial charge in [-0.15, -0.1) is 0 Å². The van der Waals surface area contributed by atoms with E-state index >= 15 is 0 Å². The van der Waals surface area contributed by atoms with Crippen molar-refractivity contribution in [3.8, 4) is 0 Å². The zero-order chi connectivity index (χ0) is 15.4. The van der Waals surface area contributed by atoms with Crippen LogP contribution in [0.25, 0.3) is 0 Å². The minimum atomic E-state index is -2.19. The van der Waals surface area contributed by atoms with Crippen molar-refractivity contribution in [1.29, 1.82) is 0 Å². The third-order valence-corrected chi connectivity index (χ3v) is 2.65. The summed E-state index contributed by atoms with van der Waals surface area (Å²) >= 11 is 0. The lowest BCUT2D eigenvalue weighted by Crippen LogP contribution is -2.24. The standard InChI is InChI=1S/C12H12F5NO2/c1-18(4-3-7(19)20-2)5-6-8(13)10(15)12(17)11(16)9(6)14/h3-5H2,1-2H3. The van der Waals surface area contributed by atoms with E-state index in [1.807, 2.05) is 0 Å². The summed E-state index contributed by atoms with van der Waals surface area (Å²) in [5.74, 6) is -10.5. The highest BCUT2D eigenvalue weighted by Gasteiger charge is 2.26. The number of nitrogens with zero attached hydrogens (tertiary/aromatic N) is 1. The number of carbonyl (C=O) groups is 1. The molecule has 1 aromatic carbocycles. The van der Waals surface area contributed by atoms with Crippen molar-refractivity contribution in [1.82, 2.24) is 4.90 Å². The third-order valence-electron chi connectivity index (χ3n) is 2.65. The van der Waals surface area contributed by atoms with E-state index in [0.29, 0.717) is 0 Å². The van der Waals surface area contributed by atoms with Crippen molar-refractivity contribution >= 4 is 5.97 Å². The number of esters is 1. The van der Waals surface area contributed by atoms with Crippen molar-refractivity contribution in [3.63, 3.8) is 0 Å². The van der Waals surface area contributed by atoms with E-state index in [9.17, 15) is 26.7 Å². The van der Waals surface area contributed by atoms with E-state index in [0.717, 1.165) is 0 Å². The molecule has 0 radical (unpaired) electrons. The Hall–Kier alpha value is -1.70. The Bertz CT molecular complexity index is 492. The Morgan fingerprint density at radius 1 is 1.00 bits per heavy atom. The molecule has 0 bridgehead atoms. The van der Waals surface area contributed by atoms with Crippen molar-refractivity contribution < 1.29 is 31.5 Å². The number of ether oxygens (including phenoxy) is 1. The van der Waals surface area contributed by atoms with Crippen LogP contribution in [0.15, 0.2) is 0 Å². The van der Waals surface area contributed by atoms with Crippen molar-refractivity contribution in [2.75, 3.05) is 20.7 Å². The minimum Gasteiger partial charge on any atom is -0.469 e. The van der Waals surface area contributed by atoms with Gasteiger partial charge in [-0.3, -0.25) is 4.79 Å². The van der Waals surface area contributed by atoms with Gasteiger partial charge in [0.25, 0.3) is 0 Å². The van der Waals surface area contributed by atoms with Crippen LogP contribution >= 0.6 is 0 Å². The normalized spacial score (nSPS) is 11.0. The Morgan fingerprint density at radius 3 is 1.90 bits per heavy atom. The number of hydrogen-bond donors (Lipinski definition) is 0. The van der Waals surface area contributed by atoms with Gasteiger partial charge in [0.2, 0.25) is 5.82 Å². The summed E-state index contributed by atoms with van der Waals surface area (Å²) in [5.41, 5.74) is -0.936. The van der Waals surface area contributed by atoms with Gasteiger partial charge < -0.3 is 9.64 Å². The molecule has 0 saturated carbocycles. The molecular weight excluding hydrogens is 285 g/mol. The fourth-order valence-corrected chi connectivity index (χ4v) is 1.52. The number of rotatable bonds is 5. The number of hydrogen-bond acceptors (Lipinski definition) is 3. The van der Waals surface area contributed by atoms with Crippen LogP contribution in [0.2, 0.25) is 0 Å². The number of methoxy groups -OCH3 is 1. The maximum absolute atomic E-state index is 13.4. The van der Waals surface area contributed by atoms with Crippen LogP contribution in [0, 0.1) is 29.1 Å². The molecule has 1 rings (SSSR count). The molecule has 3 nitrogen and oxygen atoms in total. The molecule has 1 aromatic rings. The second kappa shape index (κ2) is 6.65. The monoisotopic (exact) mass is 297 g/mol. The Balaban J connectivity index is 2.90. The van der Waals surface area contributed by atoms with Gasteiger partial charge in [0.1, 0.15) is 0 Å². The van der Waals surface area contributed by atoms with Gasteiger partial charge in [-0.25, -0.2) is 22.0 Å². The lowest BCUT2D eigenvalue weighted by Gasteiger charge is -2.17. The fourth-order valence-electron chi connectivity index (χ4n) is 1.52. The highest BCUT2D eigenvalue weighted by atomic mass is 19.2. The topological polar surface area (TPSA) is 29.5 Å². The van der Waals surface area contributed by atoms with Crippen LogP contribution in [-0.2, 0) is 16.1 Å². The van der Waals surface area contributed by atoms with Gasteiger partial charge in [0, 0.05) is 18.7 Å². The predicted molar refractivity (Wildman–Crippen MR) is 59.2 cm³/mol. The number of halogens is 5. The van der Waals surface area contributed by atoms with E-state index in [-0.39, 0.29) is 13.0 Å². The molecule has 0 aliphatic heterocycles. The molecule has 0 atom stereocenters. The SMILES string of the molecule is COC(=O)CCN(C)Cc1c(F)c(F)c(F)c(F)c1F. The van der Waals surface area contributed by atoms with Crippen molar-refractivity contribution in [2.45, 2.75) is 13.0 Å². The van der Waals surface area contributed by atoms with E-state index in [4.69, 9.17) is 0 Å². The highest BCUT2D eigenvalue weighted by molar-refractivity contribution is 5.69. The molecule has 0 amide bonds. The van der Waals surface area contributed by atoms with Gasteiger partial charge in [-0.2, -0.15) is 0 Å². The largest absolute Gasteiger partial charge is 0.469 e. The average Bonchev–Trinajstić information content (AvgIpc) is 2.44. The van der Waals surface area contributed by atoms with E-state index in [1.165, 1.54) is 19.1 Å². The van der Waals surface area contributed by atoms with E-state index < -0.39 is 47.2 Å². The van der Waals surface area contributed by atoms with Gasteiger partial charge >= 0.3 is 5.97 Å². The highest BCUT2D eigenvalue weighted by Crippen LogP contribution is 2.23. The predicted octanol–water partition coefficient (Wildman–Crippen LogP) is 2.38. The smallest absolute Gasteiger partial charge is 0.306 e. The Kier molecular flexibility index (Phi) is 5.43. The molecule has 112 valence electrons. The lowest BCUT2D eigenvalue weighted by molar-refractivity contribution is -0.140. The van der Waals surface area contributed by atoms with Crippen molar-refractivity contribution in [2.24, 2.45) is 0 Å². The van der Waals surface area contributed by atoms with Crippen LogP contribution in [0.5, 0.6) is 0 Å². The second-order valence-electron chi connectivity index (χ2n) is 4.11. The van der Waals surface area contributed by atoms with E-state index in [2.05, 4.69) is 4.74 Å². The summed E-state index contributed by atoms with van der Waals surface area (Å²) in [6, 6.07) is 0. The molecule has 0 spiro atoms. The summed E-state index contributed by atoms with van der Waals surface area (Å²) in [4.78, 5) is 12.1. The number of benzene rings is 1. The fraction of sp³-hybridized carbons (Fsp3) is 0.417. The molecule has 0 heterocycles. The maximum atomic E-state index is 13.4. The zero-order valence-electron chi connectivity index (χ0n) is 10.8. The summed E-state index contributed by atoms with van der Waals surface area (Å²) < 4.78 is 69.9. The molecule has 0 saturated heterocycles. The Labute approximate surface area is 111 Å². The maximum Gasteiger partial charge on any atom is 0.306 e. The lowest BCUT2D eigenvalue weighted by atomic mass is 10.1. The summed E-state index contributed by atoms with van der Waals surface area (Å²) in [5, 5.41) is 0. The summed E-state index contributed by atoms with van der Waals surface area (Å²) in [6.07, 6.45) is -0.0671. The molecular formula is C12H12F5NO2. The molecule has 0 aromatic heterocycles. The first kappa shape index (κ1) is 16.4. The van der Waals surface area contributed by atoms with E-state index in [1.54, 1.807) is 0 Å². The first-order chi connectivity index (χ1) is 9.29. The molecule has 0 aliphatic carbocycles. The molecule has 0 fully saturated rings. The molecule has 0 N–H and O–H groups in total. The molecule has 8 heteroatoms. The van der Waals surface area contributed by atoms with Gasteiger partial charge in [-0.05, 0) is 7.05 Å². The van der Waals surface area contributed by atoms with Crippen LogP contribution in [-0.4, -0.2) is 31.6 Å². The minimum absolute atomic E-state index is 0.0478. The van der Waals surface area contributed by atoms with Crippen molar-refractivity contribution in [3.05, 3.63) is 34.6 Å². The molecule has 0 aliphatic rings. The van der Waals surface area contributed by atoms with Gasteiger partial charge in [-0.1, -0.05) is 0 Å². The Morgan fingerprint density at radius 2 is 1.45 bits per heavy atom. The second-order valence-corrected chi connectivity index (χ2v) is 4.11. The molecule has 0 unspecified atom stereocenters. The van der Waals surface area contributed by atoms with Crippen LogP contribution < -0.4 is 0 Å². The summed E-state index contributed by atoms with van der Waals surface area (Å²) in [7, 11) is 2.55. The third kappa shape index (κ3) is 3.44. The molecule has 20 heavy (non-hydrogen) atoms. The first-order valence-electron chi connectivity index (χ1n) is 5.55. The van der Waals surface area contributed by atoms with Gasteiger partial charge in [0.05, 0.1) is 13.5 Å². The van der Waals surface area contributed by atoms with Gasteiger partial charge in [0.15, 0.2) is 23.3 Å². The van der Waals surface area contributed by atoms with Crippen LogP contribution in [0.3, 0.4) is 0 Å². The van der Waals surface area contributed by atoms with Crippen LogP contribution in [0.1, 0.15) is 12.0 Å². The average molecular weight is 297 g/mol. The first-order valence-corrected chi connectivity index (χ1v) is 5.55.